The number of nitrogens with one attached hydrogen (secondary N) is 1. The van der Waals surface area contributed by atoms with E-state index in [1.54, 1.807) is 12.2 Å². The van der Waals surface area contributed by atoms with E-state index < -0.39 is 5.97 Å². The zero-order valence-electron chi connectivity index (χ0n) is 12.9. The third kappa shape index (κ3) is 10.3. The first-order chi connectivity index (χ1) is 9.60. The lowest BCUT2D eigenvalue weighted by atomic mass is 10.0. The lowest BCUT2D eigenvalue weighted by Gasteiger charge is -2.07. The van der Waals surface area contributed by atoms with Crippen LogP contribution in [0.3, 0.4) is 0 Å². The van der Waals surface area contributed by atoms with Crippen molar-refractivity contribution >= 4 is 11.7 Å². The molecule has 3 heteroatoms. The first kappa shape index (κ1) is 23.9. The van der Waals surface area contributed by atoms with Gasteiger partial charge in [-0.3, -0.25) is 0 Å². The molecule has 0 amide bonds. The van der Waals surface area contributed by atoms with Crippen molar-refractivity contribution in [1.29, 1.82) is 5.41 Å². The number of rotatable bonds is 7. The molecule has 0 aliphatic heterocycles. The van der Waals surface area contributed by atoms with Gasteiger partial charge in [0, 0.05) is 6.42 Å². The van der Waals surface area contributed by atoms with Crippen molar-refractivity contribution in [3.05, 3.63) is 60.8 Å². The van der Waals surface area contributed by atoms with E-state index in [0.29, 0.717) is 6.42 Å². The molecule has 1 N–H and O–H groups in total. The molecular weight excluding hydrogens is 262 g/mol. The minimum absolute atomic E-state index is 0. The lowest BCUT2D eigenvalue weighted by Crippen LogP contribution is -2.14. The topological polar surface area (TPSA) is 50.2 Å². The largest absolute Gasteiger partial charge is 0.465 e. The van der Waals surface area contributed by atoms with Crippen molar-refractivity contribution in [2.24, 2.45) is 0 Å². The standard InChI is InChI=1S/C15H19NO2.C2H6.CH4/c1-5-8-12(9-6-2)11-14(16)13(10-7-3)15(17)18-4;1-2;/h5-10,16H,1,3,11H2,2,4H3;1-2H3;1H4/b9-6-,12-8+,13-10+,16-14?;;. The summed E-state index contributed by atoms with van der Waals surface area (Å²) in [6.45, 7) is 13.0. The summed E-state index contributed by atoms with van der Waals surface area (Å²) in [5, 5.41) is 7.94. The molecule has 0 atom stereocenters. The van der Waals surface area contributed by atoms with Crippen molar-refractivity contribution < 1.29 is 9.53 Å². The summed E-state index contributed by atoms with van der Waals surface area (Å²) in [5.74, 6) is -0.529. The summed E-state index contributed by atoms with van der Waals surface area (Å²) >= 11 is 0. The van der Waals surface area contributed by atoms with Gasteiger partial charge in [0.2, 0.25) is 0 Å². The normalized spacial score (nSPS) is 10.9. The highest BCUT2D eigenvalue weighted by Gasteiger charge is 2.14. The highest BCUT2D eigenvalue weighted by molar-refractivity contribution is 6.19. The molecule has 0 aliphatic rings. The molecule has 118 valence electrons. The molecule has 0 radical (unpaired) electrons. The fraction of sp³-hybridized carbons (Fsp3) is 0.333. The molecule has 0 unspecified atom stereocenters. The molecule has 0 rings (SSSR count). The maximum absolute atomic E-state index is 11.5. The van der Waals surface area contributed by atoms with Crippen LogP contribution < -0.4 is 0 Å². The molecule has 0 heterocycles. The van der Waals surface area contributed by atoms with E-state index in [2.05, 4.69) is 17.9 Å². The fourth-order valence-corrected chi connectivity index (χ4v) is 1.36. The first-order valence-corrected chi connectivity index (χ1v) is 6.53. The Morgan fingerprint density at radius 1 is 1.19 bits per heavy atom. The maximum Gasteiger partial charge on any atom is 0.339 e. The van der Waals surface area contributed by atoms with Gasteiger partial charge in [0.05, 0.1) is 18.4 Å². The van der Waals surface area contributed by atoms with Gasteiger partial charge >= 0.3 is 5.97 Å². The highest BCUT2D eigenvalue weighted by atomic mass is 16.5. The van der Waals surface area contributed by atoms with Gasteiger partial charge in [-0.15, -0.1) is 0 Å². The fourth-order valence-electron chi connectivity index (χ4n) is 1.36. The molecular formula is C18H29NO2. The van der Waals surface area contributed by atoms with Gasteiger partial charge in [-0.2, -0.15) is 0 Å². The number of carbonyl (C=O) groups excluding carboxylic acids is 1. The average molecular weight is 291 g/mol. The van der Waals surface area contributed by atoms with Crippen molar-refractivity contribution in [1.82, 2.24) is 0 Å². The molecule has 0 bridgehead atoms. The van der Waals surface area contributed by atoms with Crippen LogP contribution in [0.25, 0.3) is 0 Å². The van der Waals surface area contributed by atoms with E-state index in [-0.39, 0.29) is 18.7 Å². The van der Waals surface area contributed by atoms with Crippen molar-refractivity contribution in [3.8, 4) is 0 Å². The van der Waals surface area contributed by atoms with Gasteiger partial charge in [0.1, 0.15) is 0 Å². The molecule has 0 aromatic heterocycles. The summed E-state index contributed by atoms with van der Waals surface area (Å²) in [6.07, 6.45) is 10.5. The third-order valence-electron chi connectivity index (χ3n) is 2.11. The van der Waals surface area contributed by atoms with E-state index in [1.807, 2.05) is 32.9 Å². The van der Waals surface area contributed by atoms with Crippen LogP contribution in [0.1, 0.15) is 34.6 Å². The molecule has 3 nitrogen and oxygen atoms in total. The molecule has 0 aromatic carbocycles. The monoisotopic (exact) mass is 291 g/mol. The minimum atomic E-state index is -0.529. The van der Waals surface area contributed by atoms with Crippen LogP contribution >= 0.6 is 0 Å². The summed E-state index contributed by atoms with van der Waals surface area (Å²) in [6, 6.07) is 0. The summed E-state index contributed by atoms with van der Waals surface area (Å²) < 4.78 is 4.63. The van der Waals surface area contributed by atoms with Crippen molar-refractivity contribution in [2.45, 2.75) is 34.6 Å². The molecule has 0 saturated carbocycles. The van der Waals surface area contributed by atoms with E-state index in [1.165, 1.54) is 19.3 Å². The SMILES string of the molecule is C.C=C/C=C(\C=C/C)CC(=N)/C(=C\C=C)C(=O)OC.CC. The van der Waals surface area contributed by atoms with Crippen LogP contribution in [0.2, 0.25) is 0 Å². The summed E-state index contributed by atoms with van der Waals surface area (Å²) in [5.41, 5.74) is 1.30. The second-order valence-electron chi connectivity index (χ2n) is 3.44. The molecule has 0 saturated heterocycles. The summed E-state index contributed by atoms with van der Waals surface area (Å²) in [7, 11) is 1.29. The lowest BCUT2D eigenvalue weighted by molar-refractivity contribution is -0.135. The van der Waals surface area contributed by atoms with Gasteiger partial charge in [-0.1, -0.05) is 64.8 Å². The van der Waals surface area contributed by atoms with Crippen LogP contribution in [-0.4, -0.2) is 18.8 Å². The van der Waals surface area contributed by atoms with Crippen LogP contribution in [0.4, 0.5) is 0 Å². The number of allylic oxidation sites excluding steroid dienone is 7. The number of hydrogen-bond acceptors (Lipinski definition) is 3. The smallest absolute Gasteiger partial charge is 0.339 e. The van der Waals surface area contributed by atoms with Crippen molar-refractivity contribution in [2.75, 3.05) is 7.11 Å². The van der Waals surface area contributed by atoms with E-state index in [9.17, 15) is 4.79 Å². The molecule has 0 spiro atoms. The number of methoxy groups -OCH3 is 1. The molecule has 21 heavy (non-hydrogen) atoms. The number of esters is 1. The average Bonchev–Trinajstić information content (AvgIpc) is 2.46. The first-order valence-electron chi connectivity index (χ1n) is 6.53. The summed E-state index contributed by atoms with van der Waals surface area (Å²) in [4.78, 5) is 11.5. The van der Waals surface area contributed by atoms with E-state index >= 15 is 0 Å². The Labute approximate surface area is 129 Å². The number of carbonyl (C=O) groups is 1. The molecule has 0 fully saturated rings. The van der Waals surface area contributed by atoms with Crippen LogP contribution in [0, 0.1) is 5.41 Å². The van der Waals surface area contributed by atoms with Crippen molar-refractivity contribution in [3.63, 3.8) is 0 Å². The zero-order valence-corrected chi connectivity index (χ0v) is 12.9. The zero-order chi connectivity index (χ0) is 16.0. The van der Waals surface area contributed by atoms with Gasteiger partial charge in [0.15, 0.2) is 0 Å². The Bertz CT molecular complexity index is 426. The van der Waals surface area contributed by atoms with E-state index in [4.69, 9.17) is 5.41 Å². The van der Waals surface area contributed by atoms with Crippen LogP contribution in [0.15, 0.2) is 60.8 Å². The highest BCUT2D eigenvalue weighted by Crippen LogP contribution is 2.12. The maximum atomic E-state index is 11.5. The van der Waals surface area contributed by atoms with Gasteiger partial charge in [0.25, 0.3) is 0 Å². The Morgan fingerprint density at radius 3 is 2.10 bits per heavy atom. The van der Waals surface area contributed by atoms with Gasteiger partial charge in [-0.25, -0.2) is 4.79 Å². The van der Waals surface area contributed by atoms with E-state index in [0.717, 1.165) is 5.57 Å². The minimum Gasteiger partial charge on any atom is -0.465 e. The predicted molar refractivity (Wildman–Crippen MR) is 93.8 cm³/mol. The third-order valence-corrected chi connectivity index (χ3v) is 2.11. The van der Waals surface area contributed by atoms with Gasteiger partial charge < -0.3 is 10.1 Å². The predicted octanol–water partition coefficient (Wildman–Crippen LogP) is 5.03. The quantitative estimate of drug-likeness (QED) is 0.309. The van der Waals surface area contributed by atoms with Crippen LogP contribution in [-0.2, 0) is 9.53 Å². The second kappa shape index (κ2) is 15.9. The number of hydrogen-bond donors (Lipinski definition) is 1. The molecule has 0 aromatic rings. The molecule has 0 aliphatic carbocycles. The Morgan fingerprint density at radius 2 is 1.71 bits per heavy atom. The Kier molecular flexibility index (Phi) is 18.1. The number of ether oxygens (including phenoxy) is 1. The second-order valence-corrected chi connectivity index (χ2v) is 3.44. The van der Waals surface area contributed by atoms with Crippen LogP contribution in [0.5, 0.6) is 0 Å². The Balaban J connectivity index is -0.00000103. The Hall–Kier alpha value is -2.16. The van der Waals surface area contributed by atoms with Gasteiger partial charge in [-0.05, 0) is 18.6 Å².